The predicted molar refractivity (Wildman–Crippen MR) is 75.7 cm³/mol. The molecule has 4 aliphatic carbocycles. The van der Waals surface area contributed by atoms with Crippen molar-refractivity contribution in [3.63, 3.8) is 0 Å². The molecule has 1 atom stereocenters. The van der Waals surface area contributed by atoms with Crippen molar-refractivity contribution in [2.45, 2.75) is 59.3 Å². The van der Waals surface area contributed by atoms with Gasteiger partial charge in [-0.2, -0.15) is 0 Å². The van der Waals surface area contributed by atoms with Crippen molar-refractivity contribution in [2.75, 3.05) is 0 Å². The van der Waals surface area contributed by atoms with Crippen LogP contribution in [-0.4, -0.2) is 11.1 Å². The molecule has 1 N–H and O–H groups in total. The smallest absolute Gasteiger partial charge is 0.309 e. The summed E-state index contributed by atoms with van der Waals surface area (Å²) in [5.41, 5.74) is -0.561. The fraction of sp³-hybridized carbons (Fsp3) is 0.941. The van der Waals surface area contributed by atoms with Gasteiger partial charge in [0.2, 0.25) is 0 Å². The normalized spacial score (nSPS) is 42.4. The summed E-state index contributed by atoms with van der Waals surface area (Å²) in [6.07, 6.45) is 8.06. The third-order valence-electron chi connectivity index (χ3n) is 6.68. The average Bonchev–Trinajstić information content (AvgIpc) is 2.32. The van der Waals surface area contributed by atoms with Crippen LogP contribution in [0.1, 0.15) is 59.3 Å². The molecule has 2 heteroatoms. The Morgan fingerprint density at radius 3 is 1.95 bits per heavy atom. The Labute approximate surface area is 117 Å². The molecule has 0 aliphatic heterocycles. The van der Waals surface area contributed by atoms with Gasteiger partial charge in [-0.3, -0.25) is 4.79 Å². The topological polar surface area (TPSA) is 37.3 Å². The van der Waals surface area contributed by atoms with Crippen LogP contribution in [0.2, 0.25) is 0 Å². The molecule has 2 nitrogen and oxygen atoms in total. The van der Waals surface area contributed by atoms with E-state index >= 15 is 0 Å². The maximum atomic E-state index is 11.7. The summed E-state index contributed by atoms with van der Waals surface area (Å²) >= 11 is 0. The van der Waals surface area contributed by atoms with Crippen molar-refractivity contribution in [3.8, 4) is 0 Å². The Kier molecular flexibility index (Phi) is 3.18. The van der Waals surface area contributed by atoms with E-state index in [0.717, 1.165) is 30.1 Å². The summed E-state index contributed by atoms with van der Waals surface area (Å²) in [5, 5.41) is 9.60. The van der Waals surface area contributed by atoms with Gasteiger partial charge < -0.3 is 5.11 Å². The zero-order valence-electron chi connectivity index (χ0n) is 12.6. The van der Waals surface area contributed by atoms with Gasteiger partial charge in [0.1, 0.15) is 0 Å². The second kappa shape index (κ2) is 4.49. The number of carboxylic acid groups (broad SMARTS) is 1. The van der Waals surface area contributed by atoms with Crippen LogP contribution in [0.25, 0.3) is 0 Å². The third-order valence-corrected chi connectivity index (χ3v) is 6.68. The van der Waals surface area contributed by atoms with Gasteiger partial charge in [-0.1, -0.05) is 13.3 Å². The second-order valence-corrected chi connectivity index (χ2v) is 8.05. The van der Waals surface area contributed by atoms with E-state index in [9.17, 15) is 9.90 Å². The SMILES string of the molecule is CCC(C1C2CC3CC(C2)CC1C3)C(C)(C)C(=O)O. The Morgan fingerprint density at radius 1 is 1.11 bits per heavy atom. The van der Waals surface area contributed by atoms with E-state index < -0.39 is 11.4 Å². The van der Waals surface area contributed by atoms with E-state index in [2.05, 4.69) is 6.92 Å². The molecule has 0 heterocycles. The maximum absolute atomic E-state index is 11.7. The molecule has 0 radical (unpaired) electrons. The molecule has 0 aromatic carbocycles. The molecule has 19 heavy (non-hydrogen) atoms. The molecule has 4 saturated carbocycles. The fourth-order valence-electron chi connectivity index (χ4n) is 6.05. The number of carbonyl (C=O) groups is 1. The van der Waals surface area contributed by atoms with Gasteiger partial charge in [-0.05, 0) is 81.5 Å². The Bertz CT molecular complexity index is 343. The standard InChI is InChI=1S/C17H28O2/c1-4-14(17(2,3)16(18)19)15-12-6-10-5-11(8-12)9-13(15)7-10/h10-15H,4-9H2,1-3H3,(H,18,19). The Hall–Kier alpha value is -0.530. The van der Waals surface area contributed by atoms with Gasteiger partial charge in [0, 0.05) is 0 Å². The zero-order chi connectivity index (χ0) is 13.8. The minimum absolute atomic E-state index is 0.361. The number of rotatable bonds is 4. The molecule has 4 bridgehead atoms. The van der Waals surface area contributed by atoms with Gasteiger partial charge in [0.15, 0.2) is 0 Å². The lowest BCUT2D eigenvalue weighted by atomic mass is 9.47. The maximum Gasteiger partial charge on any atom is 0.309 e. The summed E-state index contributed by atoms with van der Waals surface area (Å²) in [5.74, 6) is 4.06. The first-order chi connectivity index (χ1) is 8.93. The number of hydrogen-bond acceptors (Lipinski definition) is 1. The Balaban J connectivity index is 1.86. The van der Waals surface area contributed by atoms with Crippen molar-refractivity contribution in [3.05, 3.63) is 0 Å². The molecule has 0 saturated heterocycles. The highest BCUT2D eigenvalue weighted by atomic mass is 16.4. The average molecular weight is 264 g/mol. The van der Waals surface area contributed by atoms with Crippen LogP contribution >= 0.6 is 0 Å². The van der Waals surface area contributed by atoms with Crippen molar-refractivity contribution in [2.24, 2.45) is 40.9 Å². The predicted octanol–water partition coefficient (Wildman–Crippen LogP) is 4.20. The van der Waals surface area contributed by atoms with Crippen molar-refractivity contribution >= 4 is 5.97 Å². The summed E-state index contributed by atoms with van der Waals surface area (Å²) < 4.78 is 0. The monoisotopic (exact) mass is 264 g/mol. The van der Waals surface area contributed by atoms with Crippen LogP contribution in [0.4, 0.5) is 0 Å². The van der Waals surface area contributed by atoms with Crippen LogP contribution in [0, 0.1) is 40.9 Å². The van der Waals surface area contributed by atoms with Gasteiger partial charge in [0.05, 0.1) is 5.41 Å². The lowest BCUT2D eigenvalue weighted by Gasteiger charge is -2.58. The molecule has 0 aromatic rings. The number of carboxylic acids is 1. The molecule has 108 valence electrons. The molecule has 0 amide bonds. The lowest BCUT2D eigenvalue weighted by Crippen LogP contribution is -2.51. The highest BCUT2D eigenvalue weighted by Gasteiger charge is 2.53. The molecule has 1 unspecified atom stereocenters. The summed E-state index contributed by atoms with van der Waals surface area (Å²) in [6.45, 7) is 6.10. The van der Waals surface area contributed by atoms with Gasteiger partial charge in [0.25, 0.3) is 0 Å². The van der Waals surface area contributed by atoms with Crippen LogP contribution in [0.5, 0.6) is 0 Å². The van der Waals surface area contributed by atoms with E-state index in [1.54, 1.807) is 0 Å². The zero-order valence-corrected chi connectivity index (χ0v) is 12.6. The van der Waals surface area contributed by atoms with E-state index in [1.807, 2.05) is 13.8 Å². The second-order valence-electron chi connectivity index (χ2n) is 8.05. The number of aliphatic carboxylic acids is 1. The van der Waals surface area contributed by atoms with E-state index in [4.69, 9.17) is 0 Å². The van der Waals surface area contributed by atoms with E-state index in [1.165, 1.54) is 32.1 Å². The molecule has 4 aliphatic rings. The highest BCUT2D eigenvalue weighted by Crippen LogP contribution is 2.60. The first-order valence-corrected chi connectivity index (χ1v) is 8.16. The minimum atomic E-state index is -0.604. The van der Waals surface area contributed by atoms with Gasteiger partial charge in [-0.15, -0.1) is 0 Å². The fourth-order valence-corrected chi connectivity index (χ4v) is 6.05. The summed E-state index contributed by atoms with van der Waals surface area (Å²) in [4.78, 5) is 11.7. The van der Waals surface area contributed by atoms with Crippen molar-refractivity contribution in [1.29, 1.82) is 0 Å². The van der Waals surface area contributed by atoms with Crippen LogP contribution in [0.3, 0.4) is 0 Å². The third kappa shape index (κ3) is 2.02. The summed E-state index contributed by atoms with van der Waals surface area (Å²) in [7, 11) is 0. The first-order valence-electron chi connectivity index (χ1n) is 8.16. The highest BCUT2D eigenvalue weighted by molar-refractivity contribution is 5.74. The molecule has 0 spiro atoms. The van der Waals surface area contributed by atoms with Gasteiger partial charge >= 0.3 is 5.97 Å². The minimum Gasteiger partial charge on any atom is -0.481 e. The molecular formula is C17H28O2. The molecule has 4 fully saturated rings. The van der Waals surface area contributed by atoms with Gasteiger partial charge in [-0.25, -0.2) is 0 Å². The molecule has 0 aromatic heterocycles. The van der Waals surface area contributed by atoms with Crippen molar-refractivity contribution < 1.29 is 9.90 Å². The van der Waals surface area contributed by atoms with Crippen molar-refractivity contribution in [1.82, 2.24) is 0 Å². The molecular weight excluding hydrogens is 236 g/mol. The van der Waals surface area contributed by atoms with Crippen LogP contribution in [-0.2, 0) is 4.79 Å². The van der Waals surface area contributed by atoms with E-state index in [-0.39, 0.29) is 0 Å². The van der Waals surface area contributed by atoms with Crippen LogP contribution < -0.4 is 0 Å². The number of hydrogen-bond donors (Lipinski definition) is 1. The largest absolute Gasteiger partial charge is 0.481 e. The summed E-state index contributed by atoms with van der Waals surface area (Å²) in [6, 6.07) is 0. The van der Waals surface area contributed by atoms with Crippen LogP contribution in [0.15, 0.2) is 0 Å². The Morgan fingerprint density at radius 2 is 1.58 bits per heavy atom. The quantitative estimate of drug-likeness (QED) is 0.826. The van der Waals surface area contributed by atoms with E-state index in [0.29, 0.717) is 11.8 Å². The lowest BCUT2D eigenvalue weighted by molar-refractivity contribution is -0.157. The molecule has 4 rings (SSSR count). The first kappa shape index (κ1) is 13.5.